The fourth-order valence-electron chi connectivity index (χ4n) is 3.08. The van der Waals surface area contributed by atoms with Crippen LogP contribution in [0.5, 0.6) is 5.75 Å². The predicted octanol–water partition coefficient (Wildman–Crippen LogP) is 4.05. The molecule has 32 heavy (non-hydrogen) atoms. The van der Waals surface area contributed by atoms with Gasteiger partial charge in [-0.2, -0.15) is 8.42 Å². The van der Waals surface area contributed by atoms with Crippen LogP contribution in [0.25, 0.3) is 11.0 Å². The molecule has 0 aliphatic rings. The van der Waals surface area contributed by atoms with E-state index in [0.29, 0.717) is 33.1 Å². The van der Waals surface area contributed by atoms with Gasteiger partial charge in [-0.3, -0.25) is 4.72 Å². The van der Waals surface area contributed by atoms with Crippen LogP contribution in [0.4, 0.5) is 11.4 Å². The largest absolute Gasteiger partial charge is 0.628 e. The zero-order valence-electron chi connectivity index (χ0n) is 16.9. The minimum atomic E-state index is -4.00. The molecule has 0 fully saturated rings. The summed E-state index contributed by atoms with van der Waals surface area (Å²) in [5.41, 5.74) is 1.65. The highest BCUT2D eigenvalue weighted by atomic mass is 32.2. The lowest BCUT2D eigenvalue weighted by Gasteiger charge is -2.24. The predicted molar refractivity (Wildman–Crippen MR) is 123 cm³/mol. The minimum Gasteiger partial charge on any atom is -0.628 e. The number of nitrogens with one attached hydrogen (secondary N) is 2. The Balaban J connectivity index is 1.61. The molecule has 3 aromatic carbocycles. The van der Waals surface area contributed by atoms with Gasteiger partial charge in [0.1, 0.15) is 17.0 Å². The first kappa shape index (κ1) is 22.2. The van der Waals surface area contributed by atoms with Crippen LogP contribution >= 0.6 is 11.8 Å². The van der Waals surface area contributed by atoms with Crippen molar-refractivity contribution < 1.29 is 22.8 Å². The third-order valence-electron chi connectivity index (χ3n) is 4.66. The van der Waals surface area contributed by atoms with Gasteiger partial charge < -0.3 is 24.8 Å². The average Bonchev–Trinajstić information content (AvgIpc) is 3.23. The lowest BCUT2D eigenvalue weighted by molar-refractivity contribution is -0.715. The van der Waals surface area contributed by atoms with E-state index in [1.807, 2.05) is 0 Å². The van der Waals surface area contributed by atoms with Crippen molar-refractivity contribution in [2.75, 3.05) is 11.8 Å². The van der Waals surface area contributed by atoms with Crippen molar-refractivity contribution in [3.63, 3.8) is 0 Å². The number of sulfonamides is 1. The molecule has 0 bridgehead atoms. The SMILES string of the molecule is COc1ccc(SCc2cccc([NH+]([O-])[O-])c2)c(NS(=O)(=O)c2cc3ccccc3o2)c1. The Morgan fingerprint density at radius 1 is 1.03 bits per heavy atom. The topological polar surface area (TPSA) is 119 Å². The van der Waals surface area contributed by atoms with Crippen molar-refractivity contribution >= 4 is 44.1 Å². The zero-order chi connectivity index (χ0) is 22.7. The molecule has 0 amide bonds. The van der Waals surface area contributed by atoms with E-state index in [1.54, 1.807) is 54.6 Å². The molecule has 166 valence electrons. The van der Waals surface area contributed by atoms with Gasteiger partial charge in [0, 0.05) is 34.2 Å². The van der Waals surface area contributed by atoms with Gasteiger partial charge in [0.25, 0.3) is 10.0 Å². The summed E-state index contributed by atoms with van der Waals surface area (Å²) in [5.74, 6) is 0.905. The van der Waals surface area contributed by atoms with E-state index in [4.69, 9.17) is 9.15 Å². The van der Waals surface area contributed by atoms with Crippen LogP contribution < -0.4 is 14.7 Å². The highest BCUT2D eigenvalue weighted by Crippen LogP contribution is 2.35. The minimum absolute atomic E-state index is 0.0867. The number of methoxy groups -OCH3 is 1. The lowest BCUT2D eigenvalue weighted by Crippen LogP contribution is -2.96. The molecule has 0 aliphatic carbocycles. The molecule has 2 N–H and O–H groups in total. The van der Waals surface area contributed by atoms with Crippen LogP contribution in [0.3, 0.4) is 0 Å². The third-order valence-corrected chi connectivity index (χ3v) is 7.02. The van der Waals surface area contributed by atoms with E-state index in [-0.39, 0.29) is 10.8 Å². The first-order valence-corrected chi connectivity index (χ1v) is 11.9. The van der Waals surface area contributed by atoms with Crippen LogP contribution in [0.1, 0.15) is 5.56 Å². The molecule has 0 unspecified atom stereocenters. The summed E-state index contributed by atoms with van der Waals surface area (Å²) in [6.45, 7) is 0. The highest BCUT2D eigenvalue weighted by Gasteiger charge is 2.21. The van der Waals surface area contributed by atoms with Crippen molar-refractivity contribution in [2.45, 2.75) is 15.7 Å². The molecule has 0 spiro atoms. The van der Waals surface area contributed by atoms with Gasteiger partial charge in [-0.15, -0.1) is 11.8 Å². The Morgan fingerprint density at radius 3 is 2.59 bits per heavy atom. The monoisotopic (exact) mass is 471 g/mol. The second kappa shape index (κ2) is 9.23. The molecular weight excluding hydrogens is 452 g/mol. The smallest absolute Gasteiger partial charge is 0.295 e. The van der Waals surface area contributed by atoms with E-state index in [9.17, 15) is 18.8 Å². The van der Waals surface area contributed by atoms with E-state index in [1.165, 1.54) is 37.1 Å². The van der Waals surface area contributed by atoms with Crippen LogP contribution in [0.15, 0.2) is 87.2 Å². The number of rotatable bonds is 8. The maximum absolute atomic E-state index is 13.0. The second-order valence-corrected chi connectivity index (χ2v) is 9.48. The maximum atomic E-state index is 13.0. The number of fused-ring (bicyclic) bond motifs is 1. The summed E-state index contributed by atoms with van der Waals surface area (Å²) in [7, 11) is -2.50. The van der Waals surface area contributed by atoms with Gasteiger partial charge >= 0.3 is 0 Å². The highest BCUT2D eigenvalue weighted by molar-refractivity contribution is 7.98. The summed E-state index contributed by atoms with van der Waals surface area (Å²) in [4.78, 5) is 0.643. The Bertz CT molecular complexity index is 1320. The number of hydrogen-bond donors (Lipinski definition) is 2. The standard InChI is InChI=1S/C22H19N2O6S2/c1-29-18-9-10-21(31-14-15-5-4-7-17(11-15)24(25)26)19(13-18)23-32(27,28)22-12-16-6-2-3-8-20(16)30-22/h2-13,23-24H,14H2,1H3/q-1. The molecule has 0 atom stereocenters. The molecule has 4 rings (SSSR count). The molecule has 0 saturated heterocycles. The summed E-state index contributed by atoms with van der Waals surface area (Å²) < 4.78 is 39.3. The normalized spacial score (nSPS) is 11.8. The first-order chi connectivity index (χ1) is 15.4. The number of benzene rings is 3. The summed E-state index contributed by atoms with van der Waals surface area (Å²) in [6.07, 6.45) is 0. The fourth-order valence-corrected chi connectivity index (χ4v) is 5.11. The third kappa shape index (κ3) is 4.90. The quantitative estimate of drug-likeness (QED) is 0.294. The second-order valence-electron chi connectivity index (χ2n) is 6.85. The zero-order valence-corrected chi connectivity index (χ0v) is 18.5. The molecule has 1 aromatic heterocycles. The summed E-state index contributed by atoms with van der Waals surface area (Å²) >= 11 is 1.35. The Labute approximate surface area is 189 Å². The van der Waals surface area contributed by atoms with Crippen molar-refractivity contribution in [3.05, 3.63) is 88.8 Å². The molecule has 8 nitrogen and oxygen atoms in total. The number of thioether (sulfide) groups is 1. The van der Waals surface area contributed by atoms with E-state index in [2.05, 4.69) is 4.72 Å². The molecule has 1 heterocycles. The van der Waals surface area contributed by atoms with Crippen LogP contribution in [0, 0.1) is 10.4 Å². The molecule has 4 aromatic rings. The summed E-state index contributed by atoms with van der Waals surface area (Å²) in [6, 6.07) is 20.0. The van der Waals surface area contributed by atoms with Gasteiger partial charge in [0.15, 0.2) is 0 Å². The number of anilines is 1. The molecule has 0 saturated carbocycles. The van der Waals surface area contributed by atoms with Crippen molar-refractivity contribution in [2.24, 2.45) is 0 Å². The maximum Gasteiger partial charge on any atom is 0.295 e. The average molecular weight is 472 g/mol. The van der Waals surface area contributed by atoms with Crippen molar-refractivity contribution in [1.82, 2.24) is 0 Å². The number of quaternary nitrogens is 1. The van der Waals surface area contributed by atoms with E-state index < -0.39 is 15.2 Å². The molecular formula is C22H19N2O6S2-. The van der Waals surface area contributed by atoms with Crippen LogP contribution in [-0.2, 0) is 15.8 Å². The van der Waals surface area contributed by atoms with Gasteiger partial charge in [-0.1, -0.05) is 30.3 Å². The molecule has 10 heteroatoms. The Kier molecular flexibility index (Phi) is 6.40. The molecule has 0 radical (unpaired) electrons. The number of furan rings is 1. The van der Waals surface area contributed by atoms with Crippen LogP contribution in [0.2, 0.25) is 0 Å². The van der Waals surface area contributed by atoms with E-state index >= 15 is 0 Å². The van der Waals surface area contributed by atoms with Crippen molar-refractivity contribution in [3.8, 4) is 5.75 Å². The van der Waals surface area contributed by atoms with Crippen molar-refractivity contribution in [1.29, 1.82) is 0 Å². The number of para-hydroxylation sites is 1. The van der Waals surface area contributed by atoms with E-state index in [0.717, 1.165) is 5.56 Å². The fraction of sp³-hybridized carbons (Fsp3) is 0.0909. The lowest BCUT2D eigenvalue weighted by atomic mass is 10.2. The Morgan fingerprint density at radius 2 is 1.84 bits per heavy atom. The van der Waals surface area contributed by atoms with Gasteiger partial charge in [0.2, 0.25) is 5.09 Å². The first-order valence-electron chi connectivity index (χ1n) is 9.48. The molecule has 0 aliphatic heterocycles. The van der Waals surface area contributed by atoms with Gasteiger partial charge in [-0.25, -0.2) is 0 Å². The van der Waals surface area contributed by atoms with Crippen LogP contribution in [-0.4, -0.2) is 15.5 Å². The van der Waals surface area contributed by atoms with Gasteiger partial charge in [0.05, 0.1) is 12.8 Å². The number of hydrogen-bond acceptors (Lipinski definition) is 7. The number of ether oxygens (including phenoxy) is 1. The summed E-state index contributed by atoms with van der Waals surface area (Å²) in [5, 5.41) is 21.4. The van der Waals surface area contributed by atoms with Gasteiger partial charge in [-0.05, 0) is 29.8 Å². The Hall–Kier alpha value is -3.02.